The number of carbonyl (C=O) groups excluding carboxylic acids is 1. The van der Waals surface area contributed by atoms with Crippen molar-refractivity contribution in [3.8, 4) is 11.5 Å². The molecule has 3 aromatic rings. The first-order valence-electron chi connectivity index (χ1n) is 10.2. The largest absolute Gasteiger partial charge is 0.497 e. The highest BCUT2D eigenvalue weighted by Gasteiger charge is 2.32. The second kappa shape index (κ2) is 9.38. The number of thioether (sulfide) groups is 1. The summed E-state index contributed by atoms with van der Waals surface area (Å²) in [4.78, 5) is 31.1. The SMILES string of the molecule is CCN1C(=O)C(=Cc2c(OC)ccc3ccc(OC)cc23)SC1=Nc1cccc(C(=O)O)c1. The molecule has 0 saturated carbocycles. The molecule has 1 amide bonds. The van der Waals surface area contributed by atoms with Gasteiger partial charge < -0.3 is 14.6 Å². The number of nitrogens with zero attached hydrogens (tertiary/aromatic N) is 2. The van der Waals surface area contributed by atoms with Gasteiger partial charge in [-0.1, -0.05) is 18.2 Å². The Morgan fingerprint density at radius 1 is 1.12 bits per heavy atom. The van der Waals surface area contributed by atoms with Crippen LogP contribution in [0.3, 0.4) is 0 Å². The van der Waals surface area contributed by atoms with Crippen molar-refractivity contribution in [3.05, 3.63) is 70.6 Å². The number of benzene rings is 3. The Bertz CT molecular complexity index is 1310. The second-order valence-electron chi connectivity index (χ2n) is 7.18. The van der Waals surface area contributed by atoms with Gasteiger partial charge >= 0.3 is 5.97 Å². The minimum absolute atomic E-state index is 0.138. The van der Waals surface area contributed by atoms with E-state index in [2.05, 4.69) is 4.99 Å². The molecule has 0 aromatic heterocycles. The van der Waals surface area contributed by atoms with E-state index in [0.29, 0.717) is 33.8 Å². The molecular weight excluding hydrogens is 440 g/mol. The van der Waals surface area contributed by atoms with Gasteiger partial charge in [0, 0.05) is 12.1 Å². The number of carboxylic acid groups (broad SMARTS) is 1. The maximum Gasteiger partial charge on any atom is 0.335 e. The van der Waals surface area contributed by atoms with Crippen molar-refractivity contribution in [1.29, 1.82) is 0 Å². The summed E-state index contributed by atoms with van der Waals surface area (Å²) in [6.07, 6.45) is 1.81. The van der Waals surface area contributed by atoms with Gasteiger partial charge in [0.25, 0.3) is 5.91 Å². The minimum atomic E-state index is -1.03. The predicted molar refractivity (Wildman–Crippen MR) is 131 cm³/mol. The van der Waals surface area contributed by atoms with Crippen molar-refractivity contribution in [2.75, 3.05) is 20.8 Å². The molecule has 0 aliphatic carbocycles. The summed E-state index contributed by atoms with van der Waals surface area (Å²) >= 11 is 1.25. The molecule has 1 fully saturated rings. The van der Waals surface area contributed by atoms with Crippen molar-refractivity contribution in [2.45, 2.75) is 6.92 Å². The number of ether oxygens (including phenoxy) is 2. The van der Waals surface area contributed by atoms with Gasteiger partial charge in [-0.3, -0.25) is 9.69 Å². The summed E-state index contributed by atoms with van der Waals surface area (Å²) in [5, 5.41) is 11.6. The number of hydrogen-bond donors (Lipinski definition) is 1. The van der Waals surface area contributed by atoms with Crippen LogP contribution in [-0.4, -0.2) is 47.8 Å². The molecule has 0 bridgehead atoms. The van der Waals surface area contributed by atoms with Crippen molar-refractivity contribution in [3.63, 3.8) is 0 Å². The van der Waals surface area contributed by atoms with Crippen LogP contribution in [0.1, 0.15) is 22.8 Å². The third kappa shape index (κ3) is 4.42. The Labute approximate surface area is 195 Å². The lowest BCUT2D eigenvalue weighted by Gasteiger charge is -2.12. The molecule has 1 N–H and O–H groups in total. The molecule has 168 valence electrons. The maximum absolute atomic E-state index is 13.2. The molecule has 1 aliphatic heterocycles. The lowest BCUT2D eigenvalue weighted by Crippen LogP contribution is -2.28. The number of amidine groups is 1. The molecule has 4 rings (SSSR count). The van der Waals surface area contributed by atoms with E-state index in [4.69, 9.17) is 9.47 Å². The van der Waals surface area contributed by atoms with Crippen LogP contribution in [0.15, 0.2) is 64.5 Å². The maximum atomic E-state index is 13.2. The van der Waals surface area contributed by atoms with Gasteiger partial charge in [0.05, 0.1) is 30.4 Å². The van der Waals surface area contributed by atoms with E-state index < -0.39 is 5.97 Å². The summed E-state index contributed by atoms with van der Waals surface area (Å²) in [7, 11) is 3.20. The third-order valence-corrected chi connectivity index (χ3v) is 6.25. The average Bonchev–Trinajstić information content (AvgIpc) is 3.12. The minimum Gasteiger partial charge on any atom is -0.497 e. The van der Waals surface area contributed by atoms with Crippen molar-refractivity contribution in [1.82, 2.24) is 4.90 Å². The third-order valence-electron chi connectivity index (χ3n) is 5.25. The molecule has 1 heterocycles. The fourth-order valence-electron chi connectivity index (χ4n) is 3.58. The summed E-state index contributed by atoms with van der Waals surface area (Å²) in [6, 6.07) is 15.9. The van der Waals surface area contributed by atoms with Crippen LogP contribution in [0.4, 0.5) is 5.69 Å². The number of rotatable bonds is 6. The number of hydrogen-bond acceptors (Lipinski definition) is 6. The van der Waals surface area contributed by atoms with E-state index in [1.54, 1.807) is 31.3 Å². The van der Waals surface area contributed by atoms with Crippen LogP contribution >= 0.6 is 11.8 Å². The van der Waals surface area contributed by atoms with Crippen LogP contribution in [-0.2, 0) is 4.79 Å². The number of fused-ring (bicyclic) bond motifs is 1. The number of methoxy groups -OCH3 is 2. The molecule has 0 radical (unpaired) electrons. The number of likely N-dealkylation sites (N-methyl/N-ethyl adjacent to an activating group) is 1. The molecule has 33 heavy (non-hydrogen) atoms. The second-order valence-corrected chi connectivity index (χ2v) is 8.19. The Kier molecular flexibility index (Phi) is 6.37. The summed E-state index contributed by atoms with van der Waals surface area (Å²) in [5.41, 5.74) is 1.38. The topological polar surface area (TPSA) is 88.4 Å². The quantitative estimate of drug-likeness (QED) is 0.508. The first-order chi connectivity index (χ1) is 15.9. The van der Waals surface area contributed by atoms with Crippen LogP contribution in [0.25, 0.3) is 16.8 Å². The van der Waals surface area contributed by atoms with Gasteiger partial charge in [-0.15, -0.1) is 0 Å². The monoisotopic (exact) mass is 462 g/mol. The molecule has 1 saturated heterocycles. The molecular formula is C25H22N2O5S. The van der Waals surface area contributed by atoms with Crippen LogP contribution < -0.4 is 9.47 Å². The van der Waals surface area contributed by atoms with Crippen molar-refractivity contribution < 1.29 is 24.2 Å². The molecule has 0 unspecified atom stereocenters. The lowest BCUT2D eigenvalue weighted by molar-refractivity contribution is -0.122. The number of carbonyl (C=O) groups is 2. The van der Waals surface area contributed by atoms with Gasteiger partial charge in [-0.05, 0) is 71.9 Å². The average molecular weight is 463 g/mol. The van der Waals surface area contributed by atoms with Gasteiger partial charge in [-0.2, -0.15) is 0 Å². The zero-order valence-corrected chi connectivity index (χ0v) is 19.2. The highest BCUT2D eigenvalue weighted by atomic mass is 32.2. The normalized spacial score (nSPS) is 16.1. The molecule has 0 spiro atoms. The van der Waals surface area contributed by atoms with E-state index >= 15 is 0 Å². The molecule has 0 atom stereocenters. The number of aliphatic imine (C=N–C) groups is 1. The zero-order valence-electron chi connectivity index (χ0n) is 18.4. The fourth-order valence-corrected chi connectivity index (χ4v) is 4.62. The van der Waals surface area contributed by atoms with E-state index in [0.717, 1.165) is 16.3 Å². The fraction of sp³-hybridized carbons (Fsp3) is 0.160. The molecule has 8 heteroatoms. The Morgan fingerprint density at radius 2 is 1.91 bits per heavy atom. The standard InChI is InChI=1S/C25H22N2O5S/c1-4-27-23(28)22(33-25(27)26-17-7-5-6-16(12-17)24(29)30)14-20-19-13-18(31-2)10-8-15(19)9-11-21(20)32-3/h5-14H,4H2,1-3H3,(H,29,30). The Morgan fingerprint density at radius 3 is 2.61 bits per heavy atom. The van der Waals surface area contributed by atoms with E-state index in [-0.39, 0.29) is 11.5 Å². The molecule has 3 aromatic carbocycles. The van der Waals surface area contributed by atoms with Crippen LogP contribution in [0, 0.1) is 0 Å². The molecule has 7 nitrogen and oxygen atoms in total. The van der Waals surface area contributed by atoms with Gasteiger partial charge in [-0.25, -0.2) is 9.79 Å². The van der Waals surface area contributed by atoms with Crippen molar-refractivity contribution in [2.24, 2.45) is 4.99 Å². The zero-order chi connectivity index (χ0) is 23.5. The van der Waals surface area contributed by atoms with Crippen molar-refractivity contribution >= 4 is 51.3 Å². The smallest absolute Gasteiger partial charge is 0.335 e. The Hall–Kier alpha value is -3.78. The highest BCUT2D eigenvalue weighted by Crippen LogP contribution is 2.38. The Balaban J connectivity index is 1.80. The summed E-state index contributed by atoms with van der Waals surface area (Å²) in [5.74, 6) is 0.145. The van der Waals surface area contributed by atoms with Gasteiger partial charge in [0.15, 0.2) is 5.17 Å². The molecule has 1 aliphatic rings. The van der Waals surface area contributed by atoms with E-state index in [9.17, 15) is 14.7 Å². The van der Waals surface area contributed by atoms with E-state index in [1.807, 2.05) is 43.3 Å². The van der Waals surface area contributed by atoms with Crippen LogP contribution in [0.2, 0.25) is 0 Å². The highest BCUT2D eigenvalue weighted by molar-refractivity contribution is 8.18. The van der Waals surface area contributed by atoms with Crippen LogP contribution in [0.5, 0.6) is 11.5 Å². The number of aromatic carboxylic acids is 1. The number of amides is 1. The summed E-state index contributed by atoms with van der Waals surface area (Å²) in [6.45, 7) is 2.30. The van der Waals surface area contributed by atoms with E-state index in [1.165, 1.54) is 23.9 Å². The first kappa shape index (κ1) is 22.4. The predicted octanol–water partition coefficient (Wildman–Crippen LogP) is 5.18. The summed E-state index contributed by atoms with van der Waals surface area (Å²) < 4.78 is 11.0. The van der Waals surface area contributed by atoms with Gasteiger partial charge in [0.1, 0.15) is 11.5 Å². The first-order valence-corrected chi connectivity index (χ1v) is 11.0. The van der Waals surface area contributed by atoms with Gasteiger partial charge in [0.2, 0.25) is 0 Å². The number of carboxylic acids is 1. The lowest BCUT2D eigenvalue weighted by atomic mass is 10.0.